The van der Waals surface area contributed by atoms with Crippen LogP contribution in [-0.4, -0.2) is 6.04 Å². The highest BCUT2D eigenvalue weighted by molar-refractivity contribution is 9.10. The highest BCUT2D eigenvalue weighted by Crippen LogP contribution is 2.34. The van der Waals surface area contributed by atoms with E-state index in [1.54, 1.807) is 0 Å². The van der Waals surface area contributed by atoms with Crippen LogP contribution in [0.4, 0.5) is 5.69 Å². The Kier molecular flexibility index (Phi) is 5.42. The summed E-state index contributed by atoms with van der Waals surface area (Å²) in [4.78, 5) is 0. The van der Waals surface area contributed by atoms with E-state index >= 15 is 0 Å². The number of rotatable bonds is 4. The normalized spacial score (nSPS) is 14.6. The maximum atomic E-state index is 6.15. The van der Waals surface area contributed by atoms with Crippen molar-refractivity contribution < 1.29 is 0 Å². The minimum atomic E-state index is 0.348. The molecular weight excluding hydrogens is 309 g/mol. The summed E-state index contributed by atoms with van der Waals surface area (Å²) in [6.07, 6.45) is 1.12. The van der Waals surface area contributed by atoms with E-state index in [0.29, 0.717) is 22.0 Å². The largest absolute Gasteiger partial charge is 0.380 e. The van der Waals surface area contributed by atoms with Gasteiger partial charge in [0.1, 0.15) is 0 Å². The first-order valence-electron chi connectivity index (χ1n) is 5.36. The molecule has 0 spiro atoms. The second-order valence-corrected chi connectivity index (χ2v) is 5.79. The molecule has 2 unspecified atom stereocenters. The van der Waals surface area contributed by atoms with Crippen LogP contribution in [0, 0.1) is 5.92 Å². The van der Waals surface area contributed by atoms with Crippen LogP contribution in [0.3, 0.4) is 0 Å². The molecule has 0 aliphatic rings. The second kappa shape index (κ2) is 6.13. The van der Waals surface area contributed by atoms with Crippen molar-refractivity contribution in [3.8, 4) is 0 Å². The quantitative estimate of drug-likeness (QED) is 0.759. The minimum Gasteiger partial charge on any atom is -0.380 e. The van der Waals surface area contributed by atoms with E-state index < -0.39 is 0 Å². The molecule has 1 aromatic rings. The van der Waals surface area contributed by atoms with Crippen LogP contribution in [0.5, 0.6) is 0 Å². The van der Waals surface area contributed by atoms with Crippen molar-refractivity contribution in [1.29, 1.82) is 0 Å². The van der Waals surface area contributed by atoms with E-state index in [9.17, 15) is 0 Å². The van der Waals surface area contributed by atoms with Gasteiger partial charge in [-0.25, -0.2) is 0 Å². The number of benzene rings is 1. The van der Waals surface area contributed by atoms with Crippen LogP contribution in [0.15, 0.2) is 16.6 Å². The molecule has 0 radical (unpaired) electrons. The summed E-state index contributed by atoms with van der Waals surface area (Å²) in [6, 6.07) is 4.04. The zero-order valence-corrected chi connectivity index (χ0v) is 12.7. The number of anilines is 1. The van der Waals surface area contributed by atoms with Crippen molar-refractivity contribution in [2.75, 3.05) is 5.32 Å². The Morgan fingerprint density at radius 2 is 1.75 bits per heavy atom. The summed E-state index contributed by atoms with van der Waals surface area (Å²) in [7, 11) is 0. The van der Waals surface area contributed by atoms with Crippen molar-refractivity contribution >= 4 is 44.8 Å². The van der Waals surface area contributed by atoms with Gasteiger partial charge < -0.3 is 5.32 Å². The van der Waals surface area contributed by atoms with E-state index in [-0.39, 0.29) is 0 Å². The van der Waals surface area contributed by atoms with E-state index in [1.807, 2.05) is 12.1 Å². The Morgan fingerprint density at radius 1 is 1.25 bits per heavy atom. The Hall–Kier alpha value is 0.0800. The van der Waals surface area contributed by atoms with Crippen LogP contribution in [0.25, 0.3) is 0 Å². The maximum absolute atomic E-state index is 6.15. The summed E-state index contributed by atoms with van der Waals surface area (Å²) in [5.74, 6) is 0.579. The zero-order valence-electron chi connectivity index (χ0n) is 9.65. The van der Waals surface area contributed by atoms with Gasteiger partial charge in [0.15, 0.2) is 0 Å². The second-order valence-electron chi connectivity index (χ2n) is 4.06. The smallest absolute Gasteiger partial charge is 0.0721 e. The summed E-state index contributed by atoms with van der Waals surface area (Å²) in [5.41, 5.74) is 0.819. The van der Waals surface area contributed by atoms with Gasteiger partial charge in [-0.05, 0) is 25.0 Å². The molecule has 1 aromatic carbocycles. The number of hydrogen-bond donors (Lipinski definition) is 1. The fraction of sp³-hybridized carbons (Fsp3) is 0.500. The summed E-state index contributed by atoms with van der Waals surface area (Å²) in [6.45, 7) is 6.52. The lowest BCUT2D eigenvalue weighted by molar-refractivity contribution is 0.495. The highest BCUT2D eigenvalue weighted by atomic mass is 79.9. The molecule has 4 heteroatoms. The highest BCUT2D eigenvalue weighted by Gasteiger charge is 2.14. The molecule has 0 heterocycles. The molecule has 0 fully saturated rings. The standard InChI is InChI=1S/C12H16BrCl2N/c1-4-7(2)8(3)16-12-10(14)5-9(13)6-11(12)15/h5-8,16H,4H2,1-3H3. The first-order chi connectivity index (χ1) is 7.45. The van der Waals surface area contributed by atoms with Crippen molar-refractivity contribution in [3.05, 3.63) is 26.7 Å². The molecule has 1 nitrogen and oxygen atoms in total. The van der Waals surface area contributed by atoms with Gasteiger partial charge in [-0.2, -0.15) is 0 Å². The zero-order chi connectivity index (χ0) is 12.3. The fourth-order valence-corrected chi connectivity index (χ4v) is 2.72. The molecule has 1 rings (SSSR count). The van der Waals surface area contributed by atoms with E-state index in [1.165, 1.54) is 0 Å². The molecular formula is C12H16BrCl2N. The molecule has 0 saturated carbocycles. The summed E-state index contributed by atoms with van der Waals surface area (Å²) in [5, 5.41) is 4.67. The van der Waals surface area contributed by atoms with Crippen LogP contribution >= 0.6 is 39.1 Å². The summed E-state index contributed by atoms with van der Waals surface area (Å²) < 4.78 is 0.893. The molecule has 1 N–H and O–H groups in total. The third-order valence-electron chi connectivity index (χ3n) is 2.88. The Labute approximate surface area is 116 Å². The van der Waals surface area contributed by atoms with Gasteiger partial charge >= 0.3 is 0 Å². The van der Waals surface area contributed by atoms with E-state index in [0.717, 1.165) is 16.6 Å². The van der Waals surface area contributed by atoms with Gasteiger partial charge in [0.05, 0.1) is 15.7 Å². The average Bonchev–Trinajstić information content (AvgIpc) is 2.21. The van der Waals surface area contributed by atoms with Gasteiger partial charge in [-0.3, -0.25) is 0 Å². The monoisotopic (exact) mass is 323 g/mol. The maximum Gasteiger partial charge on any atom is 0.0721 e. The predicted molar refractivity (Wildman–Crippen MR) is 76.7 cm³/mol. The molecule has 0 bridgehead atoms. The van der Waals surface area contributed by atoms with Gasteiger partial charge in [-0.1, -0.05) is 59.4 Å². The number of halogens is 3. The number of nitrogens with one attached hydrogen (secondary N) is 1. The predicted octanol–water partition coefficient (Wildman–Crippen LogP) is 5.60. The lowest BCUT2D eigenvalue weighted by atomic mass is 10.0. The Balaban J connectivity index is 2.89. The van der Waals surface area contributed by atoms with Gasteiger partial charge in [-0.15, -0.1) is 0 Å². The van der Waals surface area contributed by atoms with Crippen molar-refractivity contribution in [2.45, 2.75) is 33.2 Å². The first-order valence-corrected chi connectivity index (χ1v) is 6.91. The van der Waals surface area contributed by atoms with E-state index in [2.05, 4.69) is 42.0 Å². The third kappa shape index (κ3) is 3.54. The molecule has 0 aliphatic carbocycles. The number of hydrogen-bond acceptors (Lipinski definition) is 1. The molecule has 2 atom stereocenters. The van der Waals surface area contributed by atoms with Gasteiger partial charge in [0.25, 0.3) is 0 Å². The lowest BCUT2D eigenvalue weighted by Gasteiger charge is -2.22. The topological polar surface area (TPSA) is 12.0 Å². The molecule has 0 amide bonds. The van der Waals surface area contributed by atoms with Crippen LogP contribution in [0.2, 0.25) is 10.0 Å². The molecule has 0 aromatic heterocycles. The van der Waals surface area contributed by atoms with Crippen molar-refractivity contribution in [1.82, 2.24) is 0 Å². The molecule has 16 heavy (non-hydrogen) atoms. The third-order valence-corrected chi connectivity index (χ3v) is 3.93. The van der Waals surface area contributed by atoms with Crippen LogP contribution in [0.1, 0.15) is 27.2 Å². The average molecular weight is 325 g/mol. The first kappa shape index (κ1) is 14.1. The van der Waals surface area contributed by atoms with Gasteiger partial charge in [0, 0.05) is 10.5 Å². The molecule has 0 aliphatic heterocycles. The Bertz CT molecular complexity index is 345. The van der Waals surface area contributed by atoms with Crippen LogP contribution in [-0.2, 0) is 0 Å². The van der Waals surface area contributed by atoms with Gasteiger partial charge in [0.2, 0.25) is 0 Å². The van der Waals surface area contributed by atoms with Crippen LogP contribution < -0.4 is 5.32 Å². The van der Waals surface area contributed by atoms with Crippen molar-refractivity contribution in [2.24, 2.45) is 5.92 Å². The fourth-order valence-electron chi connectivity index (χ4n) is 1.40. The van der Waals surface area contributed by atoms with E-state index in [4.69, 9.17) is 23.2 Å². The van der Waals surface area contributed by atoms with Crippen molar-refractivity contribution in [3.63, 3.8) is 0 Å². The SMILES string of the molecule is CCC(C)C(C)Nc1c(Cl)cc(Br)cc1Cl. The molecule has 90 valence electrons. The Morgan fingerprint density at radius 3 is 2.19 bits per heavy atom. The minimum absolute atomic E-state index is 0.348. The summed E-state index contributed by atoms with van der Waals surface area (Å²) >= 11 is 15.7. The molecule has 0 saturated heterocycles. The lowest BCUT2D eigenvalue weighted by Crippen LogP contribution is -2.23.